The van der Waals surface area contributed by atoms with Gasteiger partial charge in [0.05, 0.1) is 16.8 Å². The van der Waals surface area contributed by atoms with Gasteiger partial charge in [0.15, 0.2) is 0 Å². The van der Waals surface area contributed by atoms with Gasteiger partial charge in [0, 0.05) is 22.8 Å². The molecule has 2 aromatic carbocycles. The van der Waals surface area contributed by atoms with Crippen LogP contribution in [0.3, 0.4) is 0 Å². The second-order valence-corrected chi connectivity index (χ2v) is 6.79. The Bertz CT molecular complexity index is 1130. The molecule has 0 saturated carbocycles. The van der Waals surface area contributed by atoms with E-state index in [-0.39, 0.29) is 11.6 Å². The molecule has 1 amide bonds. The molecule has 0 unspecified atom stereocenters. The highest BCUT2D eigenvalue weighted by Gasteiger charge is 2.16. The Hall–Kier alpha value is -3.59. The van der Waals surface area contributed by atoms with Crippen LogP contribution in [0.2, 0.25) is 0 Å². The van der Waals surface area contributed by atoms with Gasteiger partial charge in [0.1, 0.15) is 0 Å². The van der Waals surface area contributed by atoms with E-state index >= 15 is 0 Å². The molecule has 2 aromatic heterocycles. The van der Waals surface area contributed by atoms with E-state index < -0.39 is 4.92 Å². The number of hydrogen-bond acceptors (Lipinski definition) is 6. The summed E-state index contributed by atoms with van der Waals surface area (Å²) in [6, 6.07) is 14.0. The summed E-state index contributed by atoms with van der Waals surface area (Å²) >= 11 is 1.25. The van der Waals surface area contributed by atoms with Crippen LogP contribution in [0.1, 0.15) is 15.9 Å². The summed E-state index contributed by atoms with van der Waals surface area (Å²) in [6.07, 6.45) is 1.80. The van der Waals surface area contributed by atoms with Crippen LogP contribution in [-0.2, 0) is 0 Å². The first-order chi connectivity index (χ1) is 13.0. The molecule has 8 nitrogen and oxygen atoms in total. The van der Waals surface area contributed by atoms with E-state index in [2.05, 4.69) is 15.4 Å². The van der Waals surface area contributed by atoms with Crippen LogP contribution in [0.5, 0.6) is 0 Å². The SMILES string of the molecule is Cc1cc(C(=O)Nc2nn3cc(-c4ccccc4)nc3s2)ccc1[N+](=O)[O-]. The van der Waals surface area contributed by atoms with Crippen molar-refractivity contribution in [2.45, 2.75) is 6.92 Å². The summed E-state index contributed by atoms with van der Waals surface area (Å²) in [7, 11) is 0. The molecule has 4 rings (SSSR count). The second kappa shape index (κ2) is 6.61. The third-order valence-corrected chi connectivity index (χ3v) is 4.83. The number of anilines is 1. The van der Waals surface area contributed by atoms with Gasteiger partial charge in [-0.15, -0.1) is 5.10 Å². The lowest BCUT2D eigenvalue weighted by molar-refractivity contribution is -0.385. The number of fused-ring (bicyclic) bond motifs is 1. The molecule has 0 radical (unpaired) electrons. The van der Waals surface area contributed by atoms with Gasteiger partial charge < -0.3 is 0 Å². The van der Waals surface area contributed by atoms with Crippen LogP contribution in [0.25, 0.3) is 16.2 Å². The van der Waals surface area contributed by atoms with Crippen molar-refractivity contribution in [1.82, 2.24) is 14.6 Å². The minimum Gasteiger partial charge on any atom is -0.296 e. The lowest BCUT2D eigenvalue weighted by Gasteiger charge is -2.03. The summed E-state index contributed by atoms with van der Waals surface area (Å²) in [5.74, 6) is -0.381. The quantitative estimate of drug-likeness (QED) is 0.427. The normalized spacial score (nSPS) is 10.9. The summed E-state index contributed by atoms with van der Waals surface area (Å²) in [5, 5.41) is 18.3. The van der Waals surface area contributed by atoms with Crippen molar-refractivity contribution in [2.24, 2.45) is 0 Å². The predicted molar refractivity (Wildman–Crippen MR) is 102 cm³/mol. The van der Waals surface area contributed by atoms with Gasteiger partial charge in [-0.1, -0.05) is 41.7 Å². The van der Waals surface area contributed by atoms with E-state index in [4.69, 9.17) is 0 Å². The average molecular weight is 379 g/mol. The van der Waals surface area contributed by atoms with Crippen LogP contribution in [0, 0.1) is 17.0 Å². The smallest absolute Gasteiger partial charge is 0.272 e. The van der Waals surface area contributed by atoms with E-state index in [1.165, 1.54) is 29.5 Å². The maximum absolute atomic E-state index is 12.4. The van der Waals surface area contributed by atoms with Crippen LogP contribution < -0.4 is 5.32 Å². The molecule has 0 bridgehead atoms. The Labute approximate surface area is 157 Å². The second-order valence-electron chi connectivity index (χ2n) is 5.84. The first-order valence-corrected chi connectivity index (χ1v) is 8.81. The number of benzene rings is 2. The first-order valence-electron chi connectivity index (χ1n) is 7.99. The van der Waals surface area contributed by atoms with Crippen LogP contribution in [0.4, 0.5) is 10.8 Å². The highest BCUT2D eigenvalue weighted by molar-refractivity contribution is 7.20. The number of aromatic nitrogens is 3. The number of aryl methyl sites for hydroxylation is 1. The van der Waals surface area contributed by atoms with Crippen LogP contribution in [0.15, 0.2) is 54.7 Å². The Morgan fingerprint density at radius 2 is 2.00 bits per heavy atom. The Kier molecular flexibility index (Phi) is 4.13. The van der Waals surface area contributed by atoms with Crippen molar-refractivity contribution in [2.75, 3.05) is 5.32 Å². The van der Waals surface area contributed by atoms with Crippen LogP contribution >= 0.6 is 11.3 Å². The Morgan fingerprint density at radius 3 is 2.67 bits per heavy atom. The maximum atomic E-state index is 12.4. The summed E-state index contributed by atoms with van der Waals surface area (Å²) in [5.41, 5.74) is 2.53. The van der Waals surface area contributed by atoms with E-state index in [0.717, 1.165) is 11.3 Å². The Morgan fingerprint density at radius 1 is 1.22 bits per heavy atom. The highest BCUT2D eigenvalue weighted by Crippen LogP contribution is 2.25. The highest BCUT2D eigenvalue weighted by atomic mass is 32.1. The van der Waals surface area contributed by atoms with Gasteiger partial charge in [-0.3, -0.25) is 20.2 Å². The molecule has 1 N–H and O–H groups in total. The number of nitro groups is 1. The fourth-order valence-corrected chi connectivity index (χ4v) is 3.45. The van der Waals surface area contributed by atoms with E-state index in [9.17, 15) is 14.9 Å². The molecule has 27 heavy (non-hydrogen) atoms. The fourth-order valence-electron chi connectivity index (χ4n) is 2.67. The largest absolute Gasteiger partial charge is 0.296 e. The zero-order chi connectivity index (χ0) is 19.0. The van der Waals surface area contributed by atoms with E-state index in [0.29, 0.717) is 21.2 Å². The molecule has 0 aliphatic rings. The third kappa shape index (κ3) is 3.27. The van der Waals surface area contributed by atoms with Crippen molar-refractivity contribution >= 4 is 33.0 Å². The molecule has 0 spiro atoms. The molecule has 2 heterocycles. The van der Waals surface area contributed by atoms with Crippen molar-refractivity contribution in [1.29, 1.82) is 0 Å². The molecule has 9 heteroatoms. The number of amides is 1. The number of nitrogens with one attached hydrogen (secondary N) is 1. The lowest BCUT2D eigenvalue weighted by Crippen LogP contribution is -2.12. The molecular formula is C18H13N5O3S. The molecule has 4 aromatic rings. The van der Waals surface area contributed by atoms with Crippen molar-refractivity contribution in [3.8, 4) is 11.3 Å². The van der Waals surface area contributed by atoms with Crippen molar-refractivity contribution < 1.29 is 9.72 Å². The zero-order valence-corrected chi connectivity index (χ0v) is 14.9. The van der Waals surface area contributed by atoms with Gasteiger partial charge in [0.25, 0.3) is 11.6 Å². The van der Waals surface area contributed by atoms with E-state index in [1.807, 2.05) is 30.3 Å². The molecular weight excluding hydrogens is 366 g/mol. The topological polar surface area (TPSA) is 102 Å². The standard InChI is InChI=1S/C18H13N5O3S/c1-11-9-13(7-8-15(11)23(25)26)16(24)20-17-21-22-10-14(19-18(22)27-17)12-5-3-2-4-6-12/h2-10H,1H3,(H,20,21,24). The number of hydrogen-bond donors (Lipinski definition) is 1. The predicted octanol–water partition coefficient (Wildman–Crippen LogP) is 3.93. The van der Waals surface area contributed by atoms with Crippen LogP contribution in [-0.4, -0.2) is 25.4 Å². The van der Waals surface area contributed by atoms with Crippen molar-refractivity contribution in [3.05, 3.63) is 76.0 Å². The van der Waals surface area contributed by atoms with Gasteiger partial charge in [-0.05, 0) is 19.1 Å². The number of carbonyl (C=O) groups excluding carboxylic acids is 1. The number of rotatable bonds is 4. The van der Waals surface area contributed by atoms with Gasteiger partial charge in [-0.2, -0.15) is 0 Å². The monoisotopic (exact) mass is 379 g/mol. The third-order valence-electron chi connectivity index (χ3n) is 3.99. The number of imidazole rings is 1. The molecule has 0 aliphatic heterocycles. The molecule has 134 valence electrons. The summed E-state index contributed by atoms with van der Waals surface area (Å²) in [6.45, 7) is 1.59. The summed E-state index contributed by atoms with van der Waals surface area (Å²) in [4.78, 5) is 28.0. The fraction of sp³-hybridized carbons (Fsp3) is 0.0556. The molecule has 0 saturated heterocycles. The zero-order valence-electron chi connectivity index (χ0n) is 14.1. The average Bonchev–Trinajstić information content (AvgIpc) is 3.20. The number of nitrogens with zero attached hydrogens (tertiary/aromatic N) is 4. The minimum absolute atomic E-state index is 0.0206. The lowest BCUT2D eigenvalue weighted by atomic mass is 10.1. The number of nitro benzene ring substituents is 1. The minimum atomic E-state index is -0.475. The maximum Gasteiger partial charge on any atom is 0.272 e. The number of carbonyl (C=O) groups is 1. The van der Waals surface area contributed by atoms with E-state index in [1.54, 1.807) is 17.6 Å². The Balaban J connectivity index is 1.55. The van der Waals surface area contributed by atoms with Gasteiger partial charge >= 0.3 is 0 Å². The first kappa shape index (κ1) is 16.9. The molecule has 0 atom stereocenters. The van der Waals surface area contributed by atoms with Gasteiger partial charge in [0.2, 0.25) is 10.1 Å². The molecule has 0 fully saturated rings. The van der Waals surface area contributed by atoms with Crippen molar-refractivity contribution in [3.63, 3.8) is 0 Å². The van der Waals surface area contributed by atoms with Gasteiger partial charge in [-0.25, -0.2) is 9.50 Å². The summed E-state index contributed by atoms with van der Waals surface area (Å²) < 4.78 is 1.61. The molecule has 0 aliphatic carbocycles.